The first kappa shape index (κ1) is 8.65. The minimum atomic E-state index is 0.855. The second kappa shape index (κ2) is 4.44. The zero-order valence-electron chi connectivity index (χ0n) is 7.27. The van der Waals surface area contributed by atoms with E-state index in [4.69, 9.17) is 0 Å². The molecule has 0 spiro atoms. The second-order valence-corrected chi connectivity index (χ2v) is 3.38. The molecule has 0 aromatic carbocycles. The van der Waals surface area contributed by atoms with Crippen molar-refractivity contribution in [3.63, 3.8) is 0 Å². The van der Waals surface area contributed by atoms with Gasteiger partial charge in [0.25, 0.3) is 0 Å². The van der Waals surface area contributed by atoms with Crippen LogP contribution in [0.1, 0.15) is 26.2 Å². The number of nitrogens with zero attached hydrogens (tertiary/aromatic N) is 1. The monoisotopic (exact) mass is 133 g/mol. The van der Waals surface area contributed by atoms with Crippen molar-refractivity contribution in [1.82, 2.24) is 4.90 Å². The molecule has 1 aliphatic rings. The van der Waals surface area contributed by atoms with Crippen molar-refractivity contribution >= 4 is 17.7 Å². The number of rotatable bonds is 2. The van der Waals surface area contributed by atoms with Gasteiger partial charge in [0, 0.05) is 0 Å². The van der Waals surface area contributed by atoms with E-state index in [2.05, 4.69) is 29.5 Å². The van der Waals surface area contributed by atoms with Crippen molar-refractivity contribution in [2.45, 2.75) is 37.3 Å². The fraction of sp³-hybridized carbons (Fsp3) is 1.00. The molecule has 1 saturated heterocycles. The summed E-state index contributed by atoms with van der Waals surface area (Å²) in [6.45, 7) is 5.00. The summed E-state index contributed by atoms with van der Waals surface area (Å²) in [5.74, 6) is 0. The Morgan fingerprint density at radius 1 is 1.50 bits per heavy atom. The van der Waals surface area contributed by atoms with Crippen molar-refractivity contribution in [1.29, 1.82) is 0 Å². The van der Waals surface area contributed by atoms with Crippen LogP contribution in [0.4, 0.5) is 0 Å². The molecule has 0 aromatic heterocycles. The van der Waals surface area contributed by atoms with Gasteiger partial charge < -0.3 is 0 Å². The predicted molar refractivity (Wildman–Crippen MR) is 45.4 cm³/mol. The van der Waals surface area contributed by atoms with E-state index in [1.54, 1.807) is 0 Å². The van der Waals surface area contributed by atoms with Gasteiger partial charge in [-0.05, 0) is 0 Å². The van der Waals surface area contributed by atoms with Crippen molar-refractivity contribution in [3.8, 4) is 0 Å². The Bertz CT molecular complexity index is 93.3. The normalized spacial score (nSPS) is 28.9. The van der Waals surface area contributed by atoms with Crippen LogP contribution in [0, 0.1) is 0 Å². The molecule has 1 heterocycles. The van der Waals surface area contributed by atoms with E-state index < -0.39 is 0 Å². The quantitative estimate of drug-likeness (QED) is 0.515. The standard InChI is InChI=1S/C8H16N.Li/c1-3-9-7-5-4-6-8(9)2;/h8H,1,3-7H2,2H3;. The van der Waals surface area contributed by atoms with E-state index in [1.807, 2.05) is 0 Å². The van der Waals surface area contributed by atoms with Gasteiger partial charge in [0.2, 0.25) is 0 Å². The van der Waals surface area contributed by atoms with Crippen LogP contribution < -0.4 is 0 Å². The van der Waals surface area contributed by atoms with Crippen LogP contribution in [0.3, 0.4) is 0 Å². The van der Waals surface area contributed by atoms with Gasteiger partial charge in [0.1, 0.15) is 0 Å². The first-order valence-electron chi connectivity index (χ1n) is 4.58. The van der Waals surface area contributed by atoms with Gasteiger partial charge >= 0.3 is 73.0 Å². The van der Waals surface area contributed by atoms with Crippen LogP contribution in [0.15, 0.2) is 0 Å². The van der Waals surface area contributed by atoms with E-state index in [1.165, 1.54) is 37.4 Å². The van der Waals surface area contributed by atoms with Crippen molar-refractivity contribution in [2.24, 2.45) is 0 Å². The SMILES string of the molecule is [Li][CH2]CN1CCCCC1C. The third-order valence-corrected chi connectivity index (χ3v) is 2.45. The van der Waals surface area contributed by atoms with Gasteiger partial charge in [-0.1, -0.05) is 0 Å². The summed E-state index contributed by atoms with van der Waals surface area (Å²) in [5, 5.41) is 1.31. The molecule has 0 N–H and O–H groups in total. The predicted octanol–water partition coefficient (Wildman–Crippen LogP) is 1.45. The Morgan fingerprint density at radius 3 is 2.90 bits per heavy atom. The van der Waals surface area contributed by atoms with Crippen LogP contribution in [0.5, 0.6) is 0 Å². The summed E-state index contributed by atoms with van der Waals surface area (Å²) < 4.78 is 0. The van der Waals surface area contributed by atoms with Crippen LogP contribution in [-0.2, 0) is 0 Å². The molecule has 0 aromatic rings. The molecule has 10 heavy (non-hydrogen) atoms. The molecule has 1 atom stereocenters. The summed E-state index contributed by atoms with van der Waals surface area (Å²) >= 11 is 2.27. The third kappa shape index (κ3) is 2.31. The van der Waals surface area contributed by atoms with Gasteiger partial charge in [-0.25, -0.2) is 0 Å². The van der Waals surface area contributed by atoms with Crippen molar-refractivity contribution in [2.75, 3.05) is 13.1 Å². The number of piperidine rings is 1. The molecule has 0 radical (unpaired) electrons. The molecule has 1 fully saturated rings. The Morgan fingerprint density at radius 2 is 2.30 bits per heavy atom. The van der Waals surface area contributed by atoms with Crippen LogP contribution in [0.2, 0.25) is 5.09 Å². The van der Waals surface area contributed by atoms with Crippen LogP contribution >= 0.6 is 0 Å². The molecule has 2 heteroatoms. The fourth-order valence-electron chi connectivity index (χ4n) is 1.78. The van der Waals surface area contributed by atoms with Gasteiger partial charge in [-0.15, -0.1) is 0 Å². The molecule has 0 aliphatic carbocycles. The molecule has 1 unspecified atom stereocenters. The average Bonchev–Trinajstić information content (AvgIpc) is 1.94. The van der Waals surface area contributed by atoms with E-state index in [0.29, 0.717) is 0 Å². The topological polar surface area (TPSA) is 3.24 Å². The second-order valence-electron chi connectivity index (χ2n) is 3.38. The Labute approximate surface area is 73.4 Å². The first-order valence-corrected chi connectivity index (χ1v) is 4.58. The zero-order chi connectivity index (χ0) is 7.40. The maximum absolute atomic E-state index is 2.61. The molecule has 54 valence electrons. The van der Waals surface area contributed by atoms with Gasteiger partial charge in [-0.2, -0.15) is 0 Å². The summed E-state index contributed by atoms with van der Waals surface area (Å²) in [5.41, 5.74) is 0. The molecule has 1 rings (SSSR count). The Hall–Kier alpha value is 0.557. The van der Waals surface area contributed by atoms with Crippen LogP contribution in [0.25, 0.3) is 0 Å². The minimum absolute atomic E-state index is 0.855. The van der Waals surface area contributed by atoms with Crippen LogP contribution in [-0.4, -0.2) is 41.7 Å². The van der Waals surface area contributed by atoms with Crippen molar-refractivity contribution < 1.29 is 0 Å². The first-order chi connectivity index (χ1) is 4.84. The maximum atomic E-state index is 2.61. The molecule has 1 nitrogen and oxygen atoms in total. The van der Waals surface area contributed by atoms with Crippen molar-refractivity contribution in [3.05, 3.63) is 0 Å². The number of hydrogen-bond donors (Lipinski definition) is 0. The summed E-state index contributed by atoms with van der Waals surface area (Å²) in [4.78, 5) is 2.61. The summed E-state index contributed by atoms with van der Waals surface area (Å²) in [6, 6.07) is 0.855. The molecule has 0 bridgehead atoms. The molecular weight excluding hydrogens is 117 g/mol. The average molecular weight is 133 g/mol. The van der Waals surface area contributed by atoms with Gasteiger partial charge in [-0.3, -0.25) is 0 Å². The van der Waals surface area contributed by atoms with E-state index >= 15 is 0 Å². The summed E-state index contributed by atoms with van der Waals surface area (Å²) in [7, 11) is 0. The molecular formula is C8H16LiN. The van der Waals surface area contributed by atoms with Gasteiger partial charge in [0.15, 0.2) is 0 Å². The third-order valence-electron chi connectivity index (χ3n) is 2.45. The Kier molecular flexibility index (Phi) is 3.84. The fourth-order valence-corrected chi connectivity index (χ4v) is 1.78. The molecule has 0 amide bonds. The zero-order valence-corrected chi connectivity index (χ0v) is 7.27. The molecule has 0 saturated carbocycles. The number of hydrogen-bond acceptors (Lipinski definition) is 1. The van der Waals surface area contributed by atoms with E-state index in [9.17, 15) is 0 Å². The van der Waals surface area contributed by atoms with E-state index in [0.717, 1.165) is 6.04 Å². The number of likely N-dealkylation sites (tertiary alicyclic amines) is 1. The van der Waals surface area contributed by atoms with Gasteiger partial charge in [0.05, 0.1) is 0 Å². The van der Waals surface area contributed by atoms with E-state index in [-0.39, 0.29) is 0 Å². The Balaban J connectivity index is 2.25. The molecule has 1 aliphatic heterocycles. The summed E-state index contributed by atoms with van der Waals surface area (Å²) in [6.07, 6.45) is 4.28.